The zero-order valence-electron chi connectivity index (χ0n) is 14.3. The molecule has 2 aromatic carbocycles. The highest BCUT2D eigenvalue weighted by molar-refractivity contribution is 5.97. The van der Waals surface area contributed by atoms with Crippen LogP contribution in [0, 0.1) is 10.1 Å². The third-order valence-corrected chi connectivity index (χ3v) is 3.71. The van der Waals surface area contributed by atoms with E-state index in [0.29, 0.717) is 11.1 Å². The first-order valence-electron chi connectivity index (χ1n) is 8.02. The summed E-state index contributed by atoms with van der Waals surface area (Å²) in [6, 6.07) is 12.9. The van der Waals surface area contributed by atoms with Crippen LogP contribution in [0.25, 0.3) is 0 Å². The summed E-state index contributed by atoms with van der Waals surface area (Å²) in [5.74, 6) is -1.75. The second-order valence-corrected chi connectivity index (χ2v) is 5.70. The van der Waals surface area contributed by atoms with Gasteiger partial charge in [0.2, 0.25) is 11.8 Å². The molecule has 27 heavy (non-hydrogen) atoms. The zero-order valence-corrected chi connectivity index (χ0v) is 14.3. The molecular weight excluding hydrogens is 352 g/mol. The molecule has 0 saturated heterocycles. The number of carbonyl (C=O) groups excluding carboxylic acids is 3. The molecule has 0 aromatic heterocycles. The third-order valence-electron chi connectivity index (χ3n) is 3.71. The molecule has 2 aromatic rings. The number of amides is 3. The second kappa shape index (κ2) is 9.09. The monoisotopic (exact) mass is 370 g/mol. The highest BCUT2D eigenvalue weighted by Crippen LogP contribution is 2.13. The van der Waals surface area contributed by atoms with Crippen LogP contribution in [0.3, 0.4) is 0 Å². The van der Waals surface area contributed by atoms with Gasteiger partial charge in [-0.05, 0) is 17.7 Å². The van der Waals surface area contributed by atoms with E-state index in [1.807, 2.05) is 0 Å². The van der Waals surface area contributed by atoms with Crippen LogP contribution in [-0.2, 0) is 16.0 Å². The fraction of sp³-hybridized carbons (Fsp3) is 0.167. The van der Waals surface area contributed by atoms with Gasteiger partial charge >= 0.3 is 0 Å². The van der Waals surface area contributed by atoms with Crippen molar-refractivity contribution in [2.45, 2.75) is 12.5 Å². The van der Waals surface area contributed by atoms with Gasteiger partial charge in [-0.25, -0.2) is 0 Å². The summed E-state index contributed by atoms with van der Waals surface area (Å²) in [6.45, 7) is -0.322. The van der Waals surface area contributed by atoms with Gasteiger partial charge in [-0.2, -0.15) is 0 Å². The van der Waals surface area contributed by atoms with Crippen LogP contribution >= 0.6 is 0 Å². The Hall–Kier alpha value is -3.75. The molecule has 0 aliphatic heterocycles. The Labute approximate surface area is 154 Å². The number of non-ortho nitro benzene ring substituents is 1. The Morgan fingerprint density at radius 3 is 2.22 bits per heavy atom. The van der Waals surface area contributed by atoms with E-state index in [1.54, 1.807) is 30.3 Å². The number of nitrogens with zero attached hydrogens (tertiary/aromatic N) is 1. The van der Waals surface area contributed by atoms with Crippen molar-refractivity contribution in [3.63, 3.8) is 0 Å². The SMILES string of the molecule is NC(=O)[C@H](Cc1ccc([N+](=O)[O-])cc1)NC(=O)CNC(=O)c1ccccc1. The number of nitrogens with two attached hydrogens (primary N) is 1. The standard InChI is InChI=1S/C18H18N4O5/c19-17(24)15(10-12-6-8-14(9-7-12)22(26)27)21-16(23)11-20-18(25)13-4-2-1-3-5-13/h1-9,15H,10-11H2,(H2,19,24)(H,20,25)(H,21,23)/t15-/m0/s1. The summed E-state index contributed by atoms with van der Waals surface area (Å²) in [4.78, 5) is 45.6. The third kappa shape index (κ3) is 5.92. The molecule has 0 fully saturated rings. The van der Waals surface area contributed by atoms with Crippen molar-refractivity contribution in [3.05, 3.63) is 75.8 Å². The first-order chi connectivity index (χ1) is 12.9. The number of benzene rings is 2. The van der Waals surface area contributed by atoms with Crippen molar-refractivity contribution in [3.8, 4) is 0 Å². The quantitative estimate of drug-likeness (QED) is 0.459. The molecule has 1 atom stereocenters. The molecule has 4 N–H and O–H groups in total. The van der Waals surface area contributed by atoms with Crippen molar-refractivity contribution in [1.29, 1.82) is 0 Å². The van der Waals surface area contributed by atoms with E-state index >= 15 is 0 Å². The highest BCUT2D eigenvalue weighted by atomic mass is 16.6. The minimum absolute atomic E-state index is 0.0751. The van der Waals surface area contributed by atoms with E-state index in [2.05, 4.69) is 10.6 Å². The lowest BCUT2D eigenvalue weighted by Gasteiger charge is -2.16. The van der Waals surface area contributed by atoms with Gasteiger partial charge in [0.05, 0.1) is 11.5 Å². The maximum absolute atomic E-state index is 12.0. The average Bonchev–Trinajstić information content (AvgIpc) is 2.66. The van der Waals surface area contributed by atoms with Crippen molar-refractivity contribution in [1.82, 2.24) is 10.6 Å². The van der Waals surface area contributed by atoms with Crippen molar-refractivity contribution in [2.24, 2.45) is 5.73 Å². The summed E-state index contributed by atoms with van der Waals surface area (Å²) < 4.78 is 0. The number of hydrogen-bond donors (Lipinski definition) is 3. The normalized spacial score (nSPS) is 11.3. The van der Waals surface area contributed by atoms with Crippen molar-refractivity contribution < 1.29 is 19.3 Å². The van der Waals surface area contributed by atoms with Gasteiger partial charge in [-0.3, -0.25) is 24.5 Å². The molecule has 0 aliphatic carbocycles. The smallest absolute Gasteiger partial charge is 0.269 e. The largest absolute Gasteiger partial charge is 0.368 e. The van der Waals surface area contributed by atoms with Crippen LogP contribution in [0.4, 0.5) is 5.69 Å². The molecule has 0 saturated carbocycles. The first-order valence-corrected chi connectivity index (χ1v) is 8.02. The summed E-state index contributed by atoms with van der Waals surface area (Å²) in [7, 11) is 0. The van der Waals surface area contributed by atoms with E-state index in [9.17, 15) is 24.5 Å². The molecular formula is C18H18N4O5. The highest BCUT2D eigenvalue weighted by Gasteiger charge is 2.19. The van der Waals surface area contributed by atoms with E-state index in [1.165, 1.54) is 24.3 Å². The van der Waals surface area contributed by atoms with Crippen molar-refractivity contribution in [2.75, 3.05) is 6.54 Å². The molecule has 9 heteroatoms. The number of primary amides is 1. The van der Waals surface area contributed by atoms with Crippen LogP contribution in [-0.4, -0.2) is 35.2 Å². The lowest BCUT2D eigenvalue weighted by molar-refractivity contribution is -0.384. The second-order valence-electron chi connectivity index (χ2n) is 5.70. The molecule has 0 heterocycles. The van der Waals surface area contributed by atoms with Crippen LogP contribution in [0.15, 0.2) is 54.6 Å². The summed E-state index contributed by atoms with van der Waals surface area (Å²) in [6.07, 6.45) is 0.0751. The van der Waals surface area contributed by atoms with Crippen LogP contribution in [0.2, 0.25) is 0 Å². The summed E-state index contributed by atoms with van der Waals surface area (Å²) in [5, 5.41) is 15.6. The Morgan fingerprint density at radius 2 is 1.67 bits per heavy atom. The van der Waals surface area contributed by atoms with E-state index in [0.717, 1.165) is 0 Å². The molecule has 3 amide bonds. The van der Waals surface area contributed by atoms with Gasteiger partial charge in [0.1, 0.15) is 6.04 Å². The molecule has 140 valence electrons. The zero-order chi connectivity index (χ0) is 19.8. The van der Waals surface area contributed by atoms with Gasteiger partial charge < -0.3 is 16.4 Å². The molecule has 0 bridgehead atoms. The number of nitro benzene ring substituents is 1. The van der Waals surface area contributed by atoms with Gasteiger partial charge in [0, 0.05) is 24.1 Å². The van der Waals surface area contributed by atoms with E-state index in [-0.39, 0.29) is 18.7 Å². The summed E-state index contributed by atoms with van der Waals surface area (Å²) in [5.41, 5.74) is 6.23. The Morgan fingerprint density at radius 1 is 1.04 bits per heavy atom. The summed E-state index contributed by atoms with van der Waals surface area (Å²) >= 11 is 0. The van der Waals surface area contributed by atoms with Crippen LogP contribution in [0.1, 0.15) is 15.9 Å². The predicted molar refractivity (Wildman–Crippen MR) is 96.7 cm³/mol. The lowest BCUT2D eigenvalue weighted by atomic mass is 10.0. The van der Waals surface area contributed by atoms with Crippen LogP contribution in [0.5, 0.6) is 0 Å². The van der Waals surface area contributed by atoms with E-state index < -0.39 is 28.7 Å². The Balaban J connectivity index is 1.91. The van der Waals surface area contributed by atoms with E-state index in [4.69, 9.17) is 5.73 Å². The molecule has 9 nitrogen and oxygen atoms in total. The molecule has 0 unspecified atom stereocenters. The maximum atomic E-state index is 12.0. The first kappa shape index (κ1) is 19.6. The molecule has 0 spiro atoms. The van der Waals surface area contributed by atoms with Gasteiger partial charge in [0.15, 0.2) is 0 Å². The number of carbonyl (C=O) groups is 3. The number of rotatable bonds is 8. The number of nitro groups is 1. The molecule has 0 radical (unpaired) electrons. The van der Waals surface area contributed by atoms with Crippen LogP contribution < -0.4 is 16.4 Å². The maximum Gasteiger partial charge on any atom is 0.269 e. The lowest BCUT2D eigenvalue weighted by Crippen LogP contribution is -2.49. The predicted octanol–water partition coefficient (Wildman–Crippen LogP) is 0.537. The van der Waals surface area contributed by atoms with Gasteiger partial charge in [-0.15, -0.1) is 0 Å². The fourth-order valence-corrected chi connectivity index (χ4v) is 2.31. The molecule has 2 rings (SSSR count). The fourth-order valence-electron chi connectivity index (χ4n) is 2.31. The minimum Gasteiger partial charge on any atom is -0.368 e. The minimum atomic E-state index is -1.01. The number of nitrogens with one attached hydrogen (secondary N) is 2. The topological polar surface area (TPSA) is 144 Å². The van der Waals surface area contributed by atoms with Gasteiger partial charge in [-0.1, -0.05) is 30.3 Å². The Kier molecular flexibility index (Phi) is 6.59. The molecule has 0 aliphatic rings. The van der Waals surface area contributed by atoms with Crippen molar-refractivity contribution >= 4 is 23.4 Å². The number of hydrogen-bond acceptors (Lipinski definition) is 5. The average molecular weight is 370 g/mol. The Bertz CT molecular complexity index is 837. The van der Waals surface area contributed by atoms with Gasteiger partial charge in [0.25, 0.3) is 11.6 Å².